The number of amides is 2. The number of ether oxygens (including phenoxy) is 1. The van der Waals surface area contributed by atoms with E-state index in [0.717, 1.165) is 0 Å². The van der Waals surface area contributed by atoms with Crippen molar-refractivity contribution in [3.63, 3.8) is 0 Å². The van der Waals surface area contributed by atoms with E-state index in [2.05, 4.69) is 10.6 Å². The SMILES string of the molecule is COc1ccc(C(=O)N[C@H](C(=O)Nc2ccc(NO)cc2)c2ccccc2)cc1. The summed E-state index contributed by atoms with van der Waals surface area (Å²) in [7, 11) is 1.55. The Morgan fingerprint density at radius 3 is 2.07 bits per heavy atom. The molecule has 1 atom stereocenters. The summed E-state index contributed by atoms with van der Waals surface area (Å²) in [6, 6.07) is 21.3. The quantitative estimate of drug-likeness (QED) is 0.461. The van der Waals surface area contributed by atoms with Gasteiger partial charge in [0.2, 0.25) is 0 Å². The summed E-state index contributed by atoms with van der Waals surface area (Å²) in [5, 5.41) is 14.5. The van der Waals surface area contributed by atoms with Gasteiger partial charge >= 0.3 is 0 Å². The Balaban J connectivity index is 1.80. The number of nitrogens with one attached hydrogen (secondary N) is 3. The molecule has 0 fully saturated rings. The van der Waals surface area contributed by atoms with E-state index >= 15 is 0 Å². The van der Waals surface area contributed by atoms with Gasteiger partial charge in [-0.3, -0.25) is 20.3 Å². The van der Waals surface area contributed by atoms with Gasteiger partial charge in [0.15, 0.2) is 0 Å². The Kier molecular flexibility index (Phi) is 6.44. The van der Waals surface area contributed by atoms with Crippen LogP contribution in [0.25, 0.3) is 0 Å². The Morgan fingerprint density at radius 1 is 0.862 bits per heavy atom. The van der Waals surface area contributed by atoms with Crippen LogP contribution in [-0.4, -0.2) is 24.1 Å². The first-order chi connectivity index (χ1) is 14.1. The van der Waals surface area contributed by atoms with E-state index in [1.165, 1.54) is 0 Å². The average molecular weight is 391 g/mol. The molecular weight excluding hydrogens is 370 g/mol. The maximum atomic E-state index is 12.9. The van der Waals surface area contributed by atoms with Crippen LogP contribution in [0.15, 0.2) is 78.9 Å². The highest BCUT2D eigenvalue weighted by atomic mass is 16.5. The van der Waals surface area contributed by atoms with Crippen LogP contribution in [0.4, 0.5) is 11.4 Å². The molecule has 29 heavy (non-hydrogen) atoms. The van der Waals surface area contributed by atoms with Gasteiger partial charge in [0.1, 0.15) is 11.8 Å². The van der Waals surface area contributed by atoms with Crippen LogP contribution >= 0.6 is 0 Å². The van der Waals surface area contributed by atoms with Gasteiger partial charge in [0.25, 0.3) is 11.8 Å². The van der Waals surface area contributed by atoms with Crippen molar-refractivity contribution in [2.75, 3.05) is 17.9 Å². The summed E-state index contributed by atoms with van der Waals surface area (Å²) in [6.45, 7) is 0. The highest BCUT2D eigenvalue weighted by Crippen LogP contribution is 2.19. The van der Waals surface area contributed by atoms with Gasteiger partial charge in [0, 0.05) is 11.3 Å². The van der Waals surface area contributed by atoms with Crippen LogP contribution in [0.1, 0.15) is 22.0 Å². The van der Waals surface area contributed by atoms with Crippen LogP contribution in [0, 0.1) is 0 Å². The number of carbonyl (C=O) groups is 2. The second-order valence-corrected chi connectivity index (χ2v) is 6.22. The van der Waals surface area contributed by atoms with Gasteiger partial charge in [-0.25, -0.2) is 0 Å². The zero-order valence-electron chi connectivity index (χ0n) is 15.8. The molecule has 3 aromatic rings. The van der Waals surface area contributed by atoms with Crippen LogP contribution in [0.3, 0.4) is 0 Å². The van der Waals surface area contributed by atoms with Crippen LogP contribution in [-0.2, 0) is 4.79 Å². The molecule has 0 saturated heterocycles. The molecule has 0 radical (unpaired) electrons. The summed E-state index contributed by atoms with van der Waals surface area (Å²) in [6.07, 6.45) is 0. The Morgan fingerprint density at radius 2 is 1.48 bits per heavy atom. The number of carbonyl (C=O) groups excluding carboxylic acids is 2. The lowest BCUT2D eigenvalue weighted by Gasteiger charge is -2.19. The van der Waals surface area contributed by atoms with Gasteiger partial charge in [0.05, 0.1) is 12.8 Å². The fourth-order valence-corrected chi connectivity index (χ4v) is 2.75. The van der Waals surface area contributed by atoms with Crippen molar-refractivity contribution >= 4 is 23.2 Å². The molecule has 0 spiro atoms. The summed E-state index contributed by atoms with van der Waals surface area (Å²) in [5.41, 5.74) is 4.13. The second-order valence-electron chi connectivity index (χ2n) is 6.22. The lowest BCUT2D eigenvalue weighted by molar-refractivity contribution is -0.118. The first kappa shape index (κ1) is 19.9. The summed E-state index contributed by atoms with van der Waals surface area (Å²) < 4.78 is 5.10. The van der Waals surface area contributed by atoms with Gasteiger partial charge in [-0.2, -0.15) is 0 Å². The smallest absolute Gasteiger partial charge is 0.252 e. The van der Waals surface area contributed by atoms with Gasteiger partial charge in [-0.15, -0.1) is 0 Å². The van der Waals surface area contributed by atoms with Crippen LogP contribution in [0.2, 0.25) is 0 Å². The molecule has 0 aliphatic carbocycles. The molecule has 2 amide bonds. The van der Waals surface area contributed by atoms with Crippen molar-refractivity contribution in [3.8, 4) is 5.75 Å². The maximum Gasteiger partial charge on any atom is 0.252 e. The summed E-state index contributed by atoms with van der Waals surface area (Å²) in [4.78, 5) is 25.6. The highest BCUT2D eigenvalue weighted by Gasteiger charge is 2.23. The Labute approximate surface area is 168 Å². The van der Waals surface area contributed by atoms with Gasteiger partial charge < -0.3 is 15.4 Å². The second kappa shape index (κ2) is 9.38. The normalized spacial score (nSPS) is 11.2. The topological polar surface area (TPSA) is 99.7 Å². The first-order valence-corrected chi connectivity index (χ1v) is 8.91. The van der Waals surface area contributed by atoms with E-state index in [0.29, 0.717) is 28.3 Å². The number of hydrogen-bond acceptors (Lipinski definition) is 5. The molecule has 3 aromatic carbocycles. The number of rotatable bonds is 7. The van der Waals surface area contributed by atoms with E-state index in [9.17, 15) is 9.59 Å². The number of hydrogen-bond donors (Lipinski definition) is 4. The summed E-state index contributed by atoms with van der Waals surface area (Å²) >= 11 is 0. The highest BCUT2D eigenvalue weighted by molar-refractivity contribution is 6.01. The van der Waals surface area contributed by atoms with E-state index in [1.807, 2.05) is 11.5 Å². The first-order valence-electron chi connectivity index (χ1n) is 8.91. The monoisotopic (exact) mass is 391 g/mol. The minimum absolute atomic E-state index is 0.378. The minimum Gasteiger partial charge on any atom is -0.497 e. The molecule has 0 aliphatic heterocycles. The molecule has 7 heteroatoms. The third-order valence-electron chi connectivity index (χ3n) is 4.30. The lowest BCUT2D eigenvalue weighted by atomic mass is 10.0. The van der Waals surface area contributed by atoms with E-state index in [-0.39, 0.29) is 11.8 Å². The molecule has 7 nitrogen and oxygen atoms in total. The average Bonchev–Trinajstić information content (AvgIpc) is 2.78. The fourth-order valence-electron chi connectivity index (χ4n) is 2.75. The van der Waals surface area contributed by atoms with E-state index in [1.54, 1.807) is 79.9 Å². The van der Waals surface area contributed by atoms with Crippen LogP contribution < -0.4 is 20.9 Å². The van der Waals surface area contributed by atoms with Crippen molar-refractivity contribution in [2.24, 2.45) is 0 Å². The van der Waals surface area contributed by atoms with Crippen LogP contribution in [0.5, 0.6) is 5.75 Å². The maximum absolute atomic E-state index is 12.9. The van der Waals surface area contributed by atoms with Gasteiger partial charge in [-0.1, -0.05) is 30.3 Å². The number of benzene rings is 3. The van der Waals surface area contributed by atoms with E-state index in [4.69, 9.17) is 9.94 Å². The van der Waals surface area contributed by atoms with Crippen molar-refractivity contribution in [2.45, 2.75) is 6.04 Å². The zero-order valence-corrected chi connectivity index (χ0v) is 15.8. The molecule has 0 aliphatic rings. The molecule has 0 unspecified atom stereocenters. The van der Waals surface area contributed by atoms with Crippen molar-refractivity contribution in [1.29, 1.82) is 0 Å². The van der Waals surface area contributed by atoms with E-state index < -0.39 is 6.04 Å². The third-order valence-corrected chi connectivity index (χ3v) is 4.30. The minimum atomic E-state index is -0.888. The molecule has 0 saturated carbocycles. The van der Waals surface area contributed by atoms with Gasteiger partial charge in [-0.05, 0) is 54.1 Å². The van der Waals surface area contributed by atoms with Crippen molar-refractivity contribution in [1.82, 2.24) is 5.32 Å². The predicted octanol–water partition coefficient (Wildman–Crippen LogP) is 3.61. The molecule has 4 N–H and O–H groups in total. The standard InChI is InChI=1S/C22H21N3O4/c1-29-19-13-7-16(8-14-19)21(26)24-20(15-5-3-2-4-6-15)22(27)23-17-9-11-18(25-28)12-10-17/h2-14,20,25,28H,1H3,(H,23,27)(H,24,26)/t20-/m0/s1. The molecule has 0 bridgehead atoms. The molecule has 148 valence electrons. The molecular formula is C22H21N3O4. The largest absolute Gasteiger partial charge is 0.497 e. The van der Waals surface area contributed by atoms with Crippen molar-refractivity contribution in [3.05, 3.63) is 90.0 Å². The molecule has 3 rings (SSSR count). The predicted molar refractivity (Wildman–Crippen MR) is 110 cm³/mol. The molecule has 0 heterocycles. The number of methoxy groups -OCH3 is 1. The zero-order chi connectivity index (χ0) is 20.6. The number of anilines is 2. The Bertz CT molecular complexity index is 958. The summed E-state index contributed by atoms with van der Waals surface area (Å²) in [5.74, 6) is -0.126. The third kappa shape index (κ3) is 5.12. The lowest BCUT2D eigenvalue weighted by Crippen LogP contribution is -2.37. The fraction of sp³-hybridized carbons (Fsp3) is 0.0909. The molecule has 0 aromatic heterocycles. The van der Waals surface area contributed by atoms with Crippen molar-refractivity contribution < 1.29 is 19.5 Å². The Hall–Kier alpha value is -3.84.